The molecule has 0 spiro atoms. The largest absolute Gasteiger partial charge is 0.451 e. The average Bonchev–Trinajstić information content (AvgIpc) is 3.14. The number of nitrogens with two attached hydrogens (primary N) is 1. The summed E-state index contributed by atoms with van der Waals surface area (Å²) in [5.74, 6) is -0.848. The lowest BCUT2D eigenvalue weighted by Gasteiger charge is -2.13. The third kappa shape index (κ3) is 9.71. The first-order chi connectivity index (χ1) is 25.7. The topological polar surface area (TPSA) is 177 Å². The molecule has 0 saturated heterocycles. The molecule has 0 bridgehead atoms. The van der Waals surface area contributed by atoms with E-state index in [0.29, 0.717) is 47.6 Å². The fourth-order valence-corrected chi connectivity index (χ4v) is 5.68. The Balaban J connectivity index is 0.000000210. The number of methoxy groups -OCH3 is 1. The van der Waals surface area contributed by atoms with Gasteiger partial charge in [0.25, 0.3) is 11.1 Å². The number of nitrogens with zero attached hydrogens (tertiary/aromatic N) is 5. The number of benzene rings is 2. The number of nitrogen functional groups attached to an aromatic ring is 1. The van der Waals surface area contributed by atoms with Crippen molar-refractivity contribution in [2.45, 2.75) is 26.7 Å². The number of H-pyrrole nitrogens is 1. The number of nitrogens with one attached hydrogen (secondary N) is 1. The van der Waals surface area contributed by atoms with E-state index in [1.54, 1.807) is 49.6 Å². The SMILES string of the molecule is COC(=O)n1nc(Cc2ccc(N)c(Oc3cncc(Br)c3)c2F)cc(C)c1=O.Cc1cc(Cc2ccc(Cl)c(Oc3cncc(Br)c3)c2F)n[nH]c1=O. The lowest BCUT2D eigenvalue weighted by molar-refractivity contribution is 0.167. The maximum absolute atomic E-state index is 15.1. The van der Waals surface area contributed by atoms with E-state index in [9.17, 15) is 18.8 Å². The molecular formula is C36H28Br2ClF2N7O6. The summed E-state index contributed by atoms with van der Waals surface area (Å²) in [6, 6.07) is 12.5. The van der Waals surface area contributed by atoms with Crippen molar-refractivity contribution in [2.75, 3.05) is 12.8 Å². The van der Waals surface area contributed by atoms with Gasteiger partial charge in [-0.25, -0.2) is 18.7 Å². The smallest absolute Gasteiger partial charge is 0.437 e. The molecule has 18 heteroatoms. The number of carbonyl (C=O) groups is 1. The van der Waals surface area contributed by atoms with Gasteiger partial charge in [0.05, 0.1) is 41.6 Å². The minimum atomic E-state index is -0.927. The zero-order chi connectivity index (χ0) is 39.1. The number of carbonyl (C=O) groups excluding carboxylic acids is 1. The van der Waals surface area contributed by atoms with Gasteiger partial charge in [-0.2, -0.15) is 10.2 Å². The summed E-state index contributed by atoms with van der Waals surface area (Å²) in [4.78, 5) is 43.1. The maximum atomic E-state index is 15.1. The van der Waals surface area contributed by atoms with Crippen molar-refractivity contribution in [2.24, 2.45) is 0 Å². The van der Waals surface area contributed by atoms with Crippen LogP contribution in [0, 0.1) is 25.5 Å². The van der Waals surface area contributed by atoms with Crippen LogP contribution in [-0.2, 0) is 17.6 Å². The summed E-state index contributed by atoms with van der Waals surface area (Å²) < 4.78 is 47.6. The highest BCUT2D eigenvalue weighted by Gasteiger charge is 2.19. The molecule has 0 fully saturated rings. The van der Waals surface area contributed by atoms with Gasteiger partial charge in [-0.15, -0.1) is 4.68 Å². The normalized spacial score (nSPS) is 10.7. The molecular weight excluding hydrogens is 860 g/mol. The minimum absolute atomic E-state index is 0.00266. The van der Waals surface area contributed by atoms with E-state index in [-0.39, 0.29) is 51.7 Å². The molecule has 54 heavy (non-hydrogen) atoms. The number of ether oxygens (including phenoxy) is 3. The maximum Gasteiger partial charge on any atom is 0.437 e. The Bertz CT molecular complexity index is 2490. The second-order valence-corrected chi connectivity index (χ2v) is 13.7. The summed E-state index contributed by atoms with van der Waals surface area (Å²) in [6.07, 6.45) is 5.29. The molecule has 278 valence electrons. The van der Waals surface area contributed by atoms with Gasteiger partial charge in [-0.05, 0) is 93.2 Å². The average molecular weight is 888 g/mol. The van der Waals surface area contributed by atoms with Gasteiger partial charge in [-0.3, -0.25) is 19.6 Å². The Kier molecular flexibility index (Phi) is 12.9. The highest BCUT2D eigenvalue weighted by atomic mass is 79.9. The number of aryl methyl sites for hydroxylation is 2. The minimum Gasteiger partial charge on any atom is -0.451 e. The van der Waals surface area contributed by atoms with E-state index in [1.807, 2.05) is 0 Å². The van der Waals surface area contributed by atoms with Crippen LogP contribution in [0.4, 0.5) is 19.3 Å². The molecule has 0 aliphatic rings. The Morgan fingerprint density at radius 2 is 1.39 bits per heavy atom. The van der Waals surface area contributed by atoms with Gasteiger partial charge < -0.3 is 19.9 Å². The van der Waals surface area contributed by atoms with E-state index in [0.717, 1.165) is 7.11 Å². The molecule has 0 aliphatic carbocycles. The molecule has 2 aromatic carbocycles. The monoisotopic (exact) mass is 885 g/mol. The highest BCUT2D eigenvalue weighted by molar-refractivity contribution is 9.10. The van der Waals surface area contributed by atoms with Crippen LogP contribution in [0.25, 0.3) is 0 Å². The standard InChI is InChI=1S/C19H16BrFN4O4.C17H12BrClFN3O2/c1-10-5-13(24-25(18(10)26)19(27)28-2)6-11-3-4-15(22)17(16(11)21)29-14-7-12(20)8-23-9-14;1-9-4-12(22-23-17(9)24)5-10-2-3-14(19)16(15(10)20)25-13-6-11(18)7-21-8-13/h3-5,7-9H,6,22H2,1-2H3;2-4,6-8H,5H2,1H3,(H,23,24). The van der Waals surface area contributed by atoms with Gasteiger partial charge in [0, 0.05) is 45.3 Å². The van der Waals surface area contributed by atoms with Crippen molar-refractivity contribution < 1.29 is 27.8 Å². The van der Waals surface area contributed by atoms with Crippen LogP contribution < -0.4 is 26.3 Å². The van der Waals surface area contributed by atoms with Crippen LogP contribution in [0.1, 0.15) is 33.6 Å². The molecule has 3 N–H and O–H groups in total. The van der Waals surface area contributed by atoms with Crippen LogP contribution >= 0.6 is 43.5 Å². The molecule has 0 radical (unpaired) electrons. The van der Waals surface area contributed by atoms with E-state index < -0.39 is 23.3 Å². The van der Waals surface area contributed by atoms with Crippen LogP contribution in [0.2, 0.25) is 5.02 Å². The van der Waals surface area contributed by atoms with Gasteiger partial charge in [0.2, 0.25) is 0 Å². The molecule has 13 nitrogen and oxygen atoms in total. The Hall–Kier alpha value is -5.52. The number of aromatic amines is 1. The Morgan fingerprint density at radius 3 is 1.98 bits per heavy atom. The van der Waals surface area contributed by atoms with Crippen LogP contribution in [0.15, 0.2) is 91.9 Å². The third-order valence-corrected chi connectivity index (χ3v) is 8.58. The predicted octanol–water partition coefficient (Wildman–Crippen LogP) is 7.84. The van der Waals surface area contributed by atoms with Crippen molar-refractivity contribution in [3.05, 3.63) is 153 Å². The molecule has 0 unspecified atom stereocenters. The first-order valence-corrected chi connectivity index (χ1v) is 17.5. The van der Waals surface area contributed by atoms with Gasteiger partial charge in [0.15, 0.2) is 23.1 Å². The highest BCUT2D eigenvalue weighted by Crippen LogP contribution is 2.36. The molecule has 0 amide bonds. The number of pyridine rings is 2. The van der Waals surface area contributed by atoms with E-state index in [1.165, 1.54) is 37.5 Å². The van der Waals surface area contributed by atoms with E-state index in [4.69, 9.17) is 26.8 Å². The molecule has 6 aromatic rings. The lowest BCUT2D eigenvalue weighted by atomic mass is 10.1. The zero-order valence-corrected chi connectivity index (χ0v) is 32.4. The fourth-order valence-electron chi connectivity index (χ4n) is 4.80. The molecule has 0 saturated carbocycles. The van der Waals surface area contributed by atoms with Crippen molar-refractivity contribution in [3.63, 3.8) is 0 Å². The molecule has 0 aliphatic heterocycles. The second-order valence-electron chi connectivity index (χ2n) is 11.4. The zero-order valence-electron chi connectivity index (χ0n) is 28.5. The van der Waals surface area contributed by atoms with Gasteiger partial charge in [0.1, 0.15) is 11.5 Å². The van der Waals surface area contributed by atoms with Gasteiger partial charge >= 0.3 is 6.09 Å². The predicted molar refractivity (Wildman–Crippen MR) is 202 cm³/mol. The lowest BCUT2D eigenvalue weighted by Crippen LogP contribution is -2.32. The number of halogens is 5. The number of aromatic nitrogens is 6. The van der Waals surface area contributed by atoms with Crippen molar-refractivity contribution >= 4 is 55.2 Å². The summed E-state index contributed by atoms with van der Waals surface area (Å²) in [6.45, 7) is 3.19. The van der Waals surface area contributed by atoms with Gasteiger partial charge in [-0.1, -0.05) is 23.7 Å². The summed E-state index contributed by atoms with van der Waals surface area (Å²) in [7, 11) is 1.14. The first kappa shape index (κ1) is 39.7. The molecule has 0 atom stereocenters. The Labute approximate surface area is 327 Å². The molecule has 4 aromatic heterocycles. The van der Waals surface area contributed by atoms with Crippen LogP contribution in [0.5, 0.6) is 23.0 Å². The Morgan fingerprint density at radius 1 is 0.833 bits per heavy atom. The first-order valence-electron chi connectivity index (χ1n) is 15.6. The van der Waals surface area contributed by atoms with Crippen LogP contribution in [0.3, 0.4) is 0 Å². The number of hydrogen-bond donors (Lipinski definition) is 2. The number of anilines is 1. The summed E-state index contributed by atoms with van der Waals surface area (Å²) >= 11 is 12.6. The summed E-state index contributed by atoms with van der Waals surface area (Å²) in [5, 5.41) is 10.4. The quantitative estimate of drug-likeness (QED) is 0.142. The van der Waals surface area contributed by atoms with Crippen molar-refractivity contribution in [3.8, 4) is 23.0 Å². The number of hydrogen-bond acceptors (Lipinski definition) is 11. The van der Waals surface area contributed by atoms with Crippen molar-refractivity contribution in [1.82, 2.24) is 29.9 Å². The third-order valence-electron chi connectivity index (χ3n) is 7.41. The van der Waals surface area contributed by atoms with Crippen molar-refractivity contribution in [1.29, 1.82) is 0 Å². The fraction of sp³-hybridized carbons (Fsp3) is 0.139. The summed E-state index contributed by atoms with van der Waals surface area (Å²) in [5.41, 5.74) is 7.29. The van der Waals surface area contributed by atoms with E-state index >= 15 is 4.39 Å². The molecule has 6 rings (SSSR count). The number of rotatable bonds is 8. The van der Waals surface area contributed by atoms with Crippen LogP contribution in [-0.4, -0.2) is 43.1 Å². The second kappa shape index (κ2) is 17.5. The molecule has 4 heterocycles. The van der Waals surface area contributed by atoms with E-state index in [2.05, 4.69) is 61.9 Å².